The molecule has 1 unspecified atom stereocenters. The number of unbranched alkanes of at least 4 members (excludes halogenated alkanes) is 2. The van der Waals surface area contributed by atoms with Crippen molar-refractivity contribution in [2.24, 2.45) is 0 Å². The summed E-state index contributed by atoms with van der Waals surface area (Å²) in [7, 11) is 4.03. The van der Waals surface area contributed by atoms with Crippen LogP contribution in [-0.4, -0.2) is 11.0 Å². The first-order valence-corrected chi connectivity index (χ1v) is 6.97. The van der Waals surface area contributed by atoms with E-state index in [1.807, 2.05) is 21.6 Å². The van der Waals surface area contributed by atoms with Gasteiger partial charge in [-0.25, -0.2) is 0 Å². The van der Waals surface area contributed by atoms with Gasteiger partial charge in [-0.05, 0) is 6.42 Å². The Morgan fingerprint density at radius 3 is 2.45 bits per heavy atom. The first-order chi connectivity index (χ1) is 5.31. The zero-order valence-electron chi connectivity index (χ0n) is 7.93. The Bertz CT molecular complexity index is 74.0. The van der Waals surface area contributed by atoms with Crippen LogP contribution < -0.4 is 0 Å². The molecule has 0 aromatic carbocycles. The van der Waals surface area contributed by atoms with Crippen molar-refractivity contribution in [1.82, 2.24) is 0 Å². The molecule has 0 aliphatic heterocycles. The van der Waals surface area contributed by atoms with E-state index in [0.29, 0.717) is 0 Å². The summed E-state index contributed by atoms with van der Waals surface area (Å²) in [6.45, 7) is 6.82. The van der Waals surface area contributed by atoms with Gasteiger partial charge in [0, 0.05) is 11.0 Å². The summed E-state index contributed by atoms with van der Waals surface area (Å²) < 4.78 is 0. The molecule has 0 aromatic rings. The fraction of sp³-hybridized carbons (Fsp3) is 1.00. The van der Waals surface area contributed by atoms with Gasteiger partial charge in [-0.2, -0.15) is 0 Å². The first kappa shape index (κ1) is 11.7. The lowest BCUT2D eigenvalue weighted by atomic mass is 10.2. The third-order valence-electron chi connectivity index (χ3n) is 1.56. The third kappa shape index (κ3) is 8.61. The lowest BCUT2D eigenvalue weighted by molar-refractivity contribution is 0.666. The molecule has 0 amide bonds. The Morgan fingerprint density at radius 2 is 1.91 bits per heavy atom. The van der Waals surface area contributed by atoms with Gasteiger partial charge in [-0.1, -0.05) is 61.6 Å². The standard InChI is InChI=1S/C9H20S2/c1-4-6-7-8-9(3)11-10-5-2/h9H,4-8H2,1-3H3. The molecule has 68 valence electrons. The summed E-state index contributed by atoms with van der Waals surface area (Å²) >= 11 is 0. The van der Waals surface area contributed by atoms with Crippen LogP contribution in [0.4, 0.5) is 0 Å². The predicted octanol–water partition coefficient (Wildman–Crippen LogP) is 4.36. The van der Waals surface area contributed by atoms with Crippen molar-refractivity contribution < 1.29 is 0 Å². The van der Waals surface area contributed by atoms with Gasteiger partial charge in [0.05, 0.1) is 0 Å². The van der Waals surface area contributed by atoms with Crippen LogP contribution in [0.15, 0.2) is 0 Å². The van der Waals surface area contributed by atoms with Crippen LogP contribution in [0.2, 0.25) is 0 Å². The SMILES string of the molecule is CCCCCC(C)SSCC. The second-order valence-corrected chi connectivity index (χ2v) is 5.90. The Balaban J connectivity index is 3.02. The van der Waals surface area contributed by atoms with E-state index >= 15 is 0 Å². The van der Waals surface area contributed by atoms with Crippen molar-refractivity contribution >= 4 is 21.6 Å². The monoisotopic (exact) mass is 192 g/mol. The maximum Gasteiger partial charge on any atom is 0.0123 e. The normalized spacial score (nSPS) is 13.4. The molecular weight excluding hydrogens is 172 g/mol. The zero-order chi connectivity index (χ0) is 8.53. The molecule has 1 atom stereocenters. The lowest BCUT2D eigenvalue weighted by Crippen LogP contribution is -1.93. The van der Waals surface area contributed by atoms with Crippen LogP contribution in [0.5, 0.6) is 0 Å². The molecule has 0 bridgehead atoms. The average molecular weight is 192 g/mol. The van der Waals surface area contributed by atoms with E-state index in [1.165, 1.54) is 31.4 Å². The van der Waals surface area contributed by atoms with Gasteiger partial charge < -0.3 is 0 Å². The van der Waals surface area contributed by atoms with E-state index in [9.17, 15) is 0 Å². The third-order valence-corrected chi connectivity index (χ3v) is 4.60. The molecule has 0 fully saturated rings. The Hall–Kier alpha value is 0.700. The molecule has 0 aliphatic carbocycles. The summed E-state index contributed by atoms with van der Waals surface area (Å²) in [4.78, 5) is 0. The summed E-state index contributed by atoms with van der Waals surface area (Å²) in [6, 6.07) is 0. The number of hydrogen-bond acceptors (Lipinski definition) is 2. The molecule has 11 heavy (non-hydrogen) atoms. The summed E-state index contributed by atoms with van der Waals surface area (Å²) in [5, 5.41) is 0.853. The maximum absolute atomic E-state index is 2.34. The molecule has 0 saturated carbocycles. The molecule has 0 nitrogen and oxygen atoms in total. The minimum Gasteiger partial charge on any atom is -0.0942 e. The molecular formula is C9H20S2. The summed E-state index contributed by atoms with van der Waals surface area (Å²) in [6.07, 6.45) is 5.56. The van der Waals surface area contributed by atoms with Crippen molar-refractivity contribution in [3.8, 4) is 0 Å². The minimum atomic E-state index is 0.853. The highest BCUT2D eigenvalue weighted by molar-refractivity contribution is 8.76. The number of hydrogen-bond donors (Lipinski definition) is 0. The van der Waals surface area contributed by atoms with Gasteiger partial charge in [0.2, 0.25) is 0 Å². The van der Waals surface area contributed by atoms with Crippen LogP contribution in [0.1, 0.15) is 46.5 Å². The predicted molar refractivity (Wildman–Crippen MR) is 59.3 cm³/mol. The topological polar surface area (TPSA) is 0 Å². The summed E-state index contributed by atoms with van der Waals surface area (Å²) in [5.41, 5.74) is 0. The maximum atomic E-state index is 2.34. The fourth-order valence-electron chi connectivity index (χ4n) is 0.914. The van der Waals surface area contributed by atoms with E-state index in [2.05, 4.69) is 20.8 Å². The van der Waals surface area contributed by atoms with E-state index in [-0.39, 0.29) is 0 Å². The fourth-order valence-corrected chi connectivity index (χ4v) is 2.94. The molecule has 0 spiro atoms. The van der Waals surface area contributed by atoms with Crippen molar-refractivity contribution in [3.05, 3.63) is 0 Å². The molecule has 0 N–H and O–H groups in total. The van der Waals surface area contributed by atoms with Gasteiger partial charge >= 0.3 is 0 Å². The Kier molecular flexibility index (Phi) is 9.35. The molecule has 0 radical (unpaired) electrons. The first-order valence-electron chi connectivity index (χ1n) is 4.59. The van der Waals surface area contributed by atoms with Gasteiger partial charge in [-0.3, -0.25) is 0 Å². The Labute approximate surface area is 79.3 Å². The van der Waals surface area contributed by atoms with E-state index in [0.717, 1.165) is 5.25 Å². The molecule has 0 heterocycles. The van der Waals surface area contributed by atoms with Crippen LogP contribution in [-0.2, 0) is 0 Å². The molecule has 0 aromatic heterocycles. The zero-order valence-corrected chi connectivity index (χ0v) is 9.56. The molecule has 0 saturated heterocycles. The van der Waals surface area contributed by atoms with Gasteiger partial charge in [0.25, 0.3) is 0 Å². The van der Waals surface area contributed by atoms with Crippen LogP contribution >= 0.6 is 21.6 Å². The largest absolute Gasteiger partial charge is 0.0942 e. The van der Waals surface area contributed by atoms with Crippen LogP contribution in [0, 0.1) is 0 Å². The highest BCUT2D eigenvalue weighted by Gasteiger charge is 2.00. The van der Waals surface area contributed by atoms with E-state index in [4.69, 9.17) is 0 Å². The van der Waals surface area contributed by atoms with Crippen molar-refractivity contribution in [1.29, 1.82) is 0 Å². The molecule has 0 rings (SSSR count). The minimum absolute atomic E-state index is 0.853. The average Bonchev–Trinajstić information content (AvgIpc) is 2.01. The van der Waals surface area contributed by atoms with Gasteiger partial charge in [0.15, 0.2) is 0 Å². The van der Waals surface area contributed by atoms with Crippen molar-refractivity contribution in [2.75, 3.05) is 5.75 Å². The Morgan fingerprint density at radius 1 is 1.18 bits per heavy atom. The molecule has 2 heteroatoms. The summed E-state index contributed by atoms with van der Waals surface area (Å²) in [5.74, 6) is 1.24. The van der Waals surface area contributed by atoms with Gasteiger partial charge in [-0.15, -0.1) is 0 Å². The van der Waals surface area contributed by atoms with Crippen LogP contribution in [0.25, 0.3) is 0 Å². The smallest absolute Gasteiger partial charge is 0.0123 e. The van der Waals surface area contributed by atoms with Crippen molar-refractivity contribution in [3.63, 3.8) is 0 Å². The highest BCUT2D eigenvalue weighted by atomic mass is 33.1. The highest BCUT2D eigenvalue weighted by Crippen LogP contribution is 2.28. The quantitative estimate of drug-likeness (QED) is 0.434. The van der Waals surface area contributed by atoms with Gasteiger partial charge in [0.1, 0.15) is 0 Å². The second kappa shape index (κ2) is 8.79. The second-order valence-electron chi connectivity index (χ2n) is 2.81. The van der Waals surface area contributed by atoms with Crippen molar-refractivity contribution in [2.45, 2.75) is 51.7 Å². The molecule has 0 aliphatic rings. The lowest BCUT2D eigenvalue weighted by Gasteiger charge is -2.08. The van der Waals surface area contributed by atoms with E-state index < -0.39 is 0 Å². The van der Waals surface area contributed by atoms with Crippen LogP contribution in [0.3, 0.4) is 0 Å². The number of rotatable bonds is 7. The van der Waals surface area contributed by atoms with E-state index in [1.54, 1.807) is 0 Å².